The van der Waals surface area contributed by atoms with Crippen molar-refractivity contribution in [1.82, 2.24) is 14.5 Å². The smallest absolute Gasteiger partial charge is 0.503 e. The molecule has 4 aromatic carbocycles. The Labute approximate surface area is 272 Å². The molecule has 0 atom stereocenters. The van der Waals surface area contributed by atoms with Gasteiger partial charge in [0.1, 0.15) is 0 Å². The van der Waals surface area contributed by atoms with E-state index in [1.165, 1.54) is 0 Å². The van der Waals surface area contributed by atoms with E-state index in [0.29, 0.717) is 11.5 Å². The van der Waals surface area contributed by atoms with Crippen LogP contribution in [0.2, 0.25) is 0 Å². The van der Waals surface area contributed by atoms with Crippen molar-refractivity contribution >= 4 is 21.8 Å². The molecule has 6 heteroatoms. The van der Waals surface area contributed by atoms with Crippen LogP contribution in [-0.2, 0) is 53.8 Å². The first-order chi connectivity index (χ1) is 18.8. The minimum absolute atomic E-state index is 0. The quantitative estimate of drug-likeness (QED) is 0.167. The number of benzene rings is 4. The summed E-state index contributed by atoms with van der Waals surface area (Å²) in [7, 11) is 0. The Bertz CT molecular complexity index is 1890. The summed E-state index contributed by atoms with van der Waals surface area (Å²) in [5, 5.41) is 2.19. The predicted molar refractivity (Wildman–Crippen MR) is 149 cm³/mol. The van der Waals surface area contributed by atoms with Gasteiger partial charge < -0.3 is 19.3 Å². The molecule has 0 aliphatic carbocycles. The van der Waals surface area contributed by atoms with Crippen molar-refractivity contribution in [3.63, 3.8) is 0 Å². The third kappa shape index (κ3) is 5.45. The first kappa shape index (κ1) is 28.1. The van der Waals surface area contributed by atoms with Gasteiger partial charge in [0, 0.05) is 61.7 Å². The summed E-state index contributed by atoms with van der Waals surface area (Å²) >= 11 is 0. The molecule has 0 saturated heterocycles. The monoisotopic (exact) mass is 769 g/mol. The van der Waals surface area contributed by atoms with Crippen molar-refractivity contribution < 1.29 is 58.5 Å². The van der Waals surface area contributed by atoms with Crippen molar-refractivity contribution in [2.45, 2.75) is 0 Å². The molecule has 0 amide bonds. The predicted octanol–water partition coefficient (Wildman–Crippen LogP) is 7.90. The third-order valence-corrected chi connectivity index (χ3v) is 6.40. The van der Waals surface area contributed by atoms with Crippen molar-refractivity contribution in [3.8, 4) is 39.7 Å². The number of fused-ring (bicyclic) bond motifs is 3. The Hall–Kier alpha value is -3.43. The summed E-state index contributed by atoms with van der Waals surface area (Å²) in [5.41, 5.74) is 5.49. The molecule has 0 fully saturated rings. The van der Waals surface area contributed by atoms with E-state index in [0.717, 1.165) is 50.0 Å². The van der Waals surface area contributed by atoms with E-state index >= 15 is 0 Å². The summed E-state index contributed by atoms with van der Waals surface area (Å²) in [4.78, 5) is 9.22. The van der Waals surface area contributed by atoms with Gasteiger partial charge in [0.15, 0.2) is 0 Å². The Balaban J connectivity index is 0.00000161. The summed E-state index contributed by atoms with van der Waals surface area (Å²) in [6, 6.07) is 47.1. The Morgan fingerprint density at radius 3 is 2.27 bits per heavy atom. The van der Waals surface area contributed by atoms with E-state index < -0.39 is 0 Å². The second-order valence-electron chi connectivity index (χ2n) is 8.78. The molecule has 7 rings (SSSR count). The van der Waals surface area contributed by atoms with Crippen molar-refractivity contribution in [2.24, 2.45) is 0 Å². The molecule has 40 heavy (non-hydrogen) atoms. The van der Waals surface area contributed by atoms with Crippen LogP contribution in [0.1, 0.15) is 0 Å². The van der Waals surface area contributed by atoms with Crippen LogP contribution in [0.25, 0.3) is 50.0 Å². The molecule has 0 aliphatic heterocycles. The van der Waals surface area contributed by atoms with Crippen LogP contribution in [-0.4, -0.2) is 14.5 Å². The molecular formula is C34H19N3OPtY-2. The van der Waals surface area contributed by atoms with E-state index in [1.54, 1.807) is 6.20 Å². The van der Waals surface area contributed by atoms with Gasteiger partial charge in [-0.1, -0.05) is 48.1 Å². The molecule has 4 nitrogen and oxygen atoms in total. The maximum atomic E-state index is 6.23. The number of nitrogens with zero attached hydrogens (tertiary/aromatic N) is 3. The number of pyridine rings is 2. The molecular weight excluding hydrogens is 750 g/mol. The fourth-order valence-electron chi connectivity index (χ4n) is 4.65. The molecule has 0 N–H and O–H groups in total. The van der Waals surface area contributed by atoms with Crippen molar-refractivity contribution in [3.05, 3.63) is 140 Å². The Morgan fingerprint density at radius 1 is 0.650 bits per heavy atom. The SMILES string of the molecule is [Pt+2].[Y].[c-]1ccccc1-c1[c-]cc(-n2c3[c-]c(Oc4[c-]c(-c5ccccn5)ccc4)ccc3c3ccccc32)nc1. The van der Waals surface area contributed by atoms with E-state index in [4.69, 9.17) is 9.72 Å². The number of aromatic nitrogens is 3. The second kappa shape index (κ2) is 12.4. The first-order valence-corrected chi connectivity index (χ1v) is 12.3. The van der Waals surface area contributed by atoms with Crippen LogP contribution in [0, 0.1) is 24.3 Å². The maximum Gasteiger partial charge on any atom is 2.00 e. The molecule has 3 heterocycles. The van der Waals surface area contributed by atoms with E-state index in [-0.39, 0.29) is 53.8 Å². The number of para-hydroxylation sites is 1. The van der Waals surface area contributed by atoms with Crippen LogP contribution in [0.3, 0.4) is 0 Å². The molecule has 0 aliphatic rings. The molecule has 191 valence electrons. The largest absolute Gasteiger partial charge is 2.00 e. The van der Waals surface area contributed by atoms with Gasteiger partial charge in [-0.05, 0) is 23.2 Å². The van der Waals surface area contributed by atoms with Gasteiger partial charge in [0.05, 0.1) is 0 Å². The number of rotatable bonds is 5. The standard InChI is InChI=1S/C34H19N3O.Pt.Y/c1-2-9-24(10-3-1)26-16-19-34(36-23-26)37-32-15-5-4-13-29(32)30-18-17-28(22-33(30)37)38-27-12-8-11-25(21-27)31-14-6-7-20-35-31;;/h1-9,11-15,17-20,23H;;/q-4;+2;. The van der Waals surface area contributed by atoms with E-state index in [9.17, 15) is 0 Å². The second-order valence-corrected chi connectivity index (χ2v) is 8.78. The first-order valence-electron chi connectivity index (χ1n) is 12.3. The van der Waals surface area contributed by atoms with Gasteiger partial charge in [-0.2, -0.15) is 36.4 Å². The minimum atomic E-state index is 0. The van der Waals surface area contributed by atoms with Gasteiger partial charge in [-0.25, -0.2) is 11.1 Å². The average molecular weight is 770 g/mol. The van der Waals surface area contributed by atoms with E-state index in [1.807, 2.05) is 91.1 Å². The topological polar surface area (TPSA) is 39.9 Å². The maximum absolute atomic E-state index is 6.23. The van der Waals surface area contributed by atoms with Gasteiger partial charge >= 0.3 is 21.1 Å². The van der Waals surface area contributed by atoms with Crippen molar-refractivity contribution in [2.75, 3.05) is 0 Å². The average Bonchev–Trinajstić information content (AvgIpc) is 3.32. The van der Waals surface area contributed by atoms with E-state index in [2.05, 4.69) is 52.0 Å². The third-order valence-electron chi connectivity index (χ3n) is 6.40. The number of ether oxygens (including phenoxy) is 1. The van der Waals surface area contributed by atoms with Gasteiger partial charge in [0.25, 0.3) is 0 Å². The molecule has 0 unspecified atom stereocenters. The normalized spacial score (nSPS) is 10.6. The van der Waals surface area contributed by atoms with Crippen LogP contribution in [0.15, 0.2) is 116 Å². The molecule has 1 radical (unpaired) electrons. The zero-order valence-corrected chi connectivity index (χ0v) is 26.2. The number of hydrogen-bond donors (Lipinski definition) is 0. The molecule has 7 aromatic rings. The molecule has 0 spiro atoms. The Morgan fingerprint density at radius 2 is 1.48 bits per heavy atom. The number of hydrogen-bond acceptors (Lipinski definition) is 3. The molecule has 3 aromatic heterocycles. The zero-order chi connectivity index (χ0) is 25.3. The summed E-state index contributed by atoms with van der Waals surface area (Å²) in [6.45, 7) is 0. The van der Waals surface area contributed by atoms with Gasteiger partial charge in [0.2, 0.25) is 0 Å². The van der Waals surface area contributed by atoms with Crippen LogP contribution < -0.4 is 4.74 Å². The van der Waals surface area contributed by atoms with Crippen LogP contribution in [0.5, 0.6) is 11.5 Å². The summed E-state index contributed by atoms with van der Waals surface area (Å²) in [6.07, 6.45) is 3.60. The van der Waals surface area contributed by atoms with Crippen molar-refractivity contribution in [1.29, 1.82) is 0 Å². The van der Waals surface area contributed by atoms with Crippen LogP contribution in [0.4, 0.5) is 0 Å². The fraction of sp³-hybridized carbons (Fsp3) is 0. The summed E-state index contributed by atoms with van der Waals surface area (Å²) in [5.74, 6) is 1.95. The fourth-order valence-corrected chi connectivity index (χ4v) is 4.65. The van der Waals surface area contributed by atoms with Gasteiger partial charge in [-0.15, -0.1) is 53.4 Å². The Kier molecular flexibility index (Phi) is 8.71. The van der Waals surface area contributed by atoms with Crippen LogP contribution >= 0.6 is 0 Å². The zero-order valence-electron chi connectivity index (χ0n) is 21.1. The summed E-state index contributed by atoms with van der Waals surface area (Å²) < 4.78 is 8.33. The van der Waals surface area contributed by atoms with Gasteiger partial charge in [-0.3, -0.25) is 0 Å². The molecule has 0 bridgehead atoms. The molecule has 0 saturated carbocycles. The minimum Gasteiger partial charge on any atom is -0.503 e.